The zero-order valence-corrected chi connectivity index (χ0v) is 28.4. The van der Waals surface area contributed by atoms with Crippen LogP contribution < -0.4 is 5.46 Å². The van der Waals surface area contributed by atoms with Crippen LogP contribution in [0.3, 0.4) is 0 Å². The molecule has 0 aromatic heterocycles. The van der Waals surface area contributed by atoms with Gasteiger partial charge in [-0.05, 0) is 85.9 Å². The Hall–Kier alpha value is -1.88. The molecule has 0 atom stereocenters. The first-order valence-corrected chi connectivity index (χ1v) is 17.3. The highest BCUT2D eigenvalue weighted by Crippen LogP contribution is 2.38. The molecule has 3 aromatic carbocycles. The fourth-order valence-electron chi connectivity index (χ4n) is 5.87. The second kappa shape index (κ2) is 15.7. The molecule has 1 heterocycles. The van der Waals surface area contributed by atoms with Gasteiger partial charge in [-0.25, -0.2) is 0 Å². The SMILES string of the molecule is CCCCCCCCCCCCCCc1ccc(-c2cc(-c3ccccc3Br)ccc2B2OC(C)(C)C(C)(C)O2)cc1. The van der Waals surface area contributed by atoms with Crippen LogP contribution in [0.4, 0.5) is 0 Å². The summed E-state index contributed by atoms with van der Waals surface area (Å²) in [5, 5.41) is 0. The molecular formula is C38H52BBrO2. The highest BCUT2D eigenvalue weighted by atomic mass is 79.9. The van der Waals surface area contributed by atoms with Crippen LogP contribution in [0.5, 0.6) is 0 Å². The van der Waals surface area contributed by atoms with Crippen LogP contribution in [0.2, 0.25) is 0 Å². The number of unbranched alkanes of at least 4 members (excludes halogenated alkanes) is 11. The molecule has 0 radical (unpaired) electrons. The lowest BCUT2D eigenvalue weighted by Crippen LogP contribution is -2.41. The Bertz CT molecular complexity index is 1230. The van der Waals surface area contributed by atoms with E-state index in [1.807, 2.05) is 0 Å². The molecule has 0 spiro atoms. The van der Waals surface area contributed by atoms with E-state index in [0.717, 1.165) is 16.4 Å². The van der Waals surface area contributed by atoms with Crippen molar-refractivity contribution in [1.29, 1.82) is 0 Å². The monoisotopic (exact) mass is 630 g/mol. The summed E-state index contributed by atoms with van der Waals surface area (Å²) >= 11 is 3.75. The summed E-state index contributed by atoms with van der Waals surface area (Å²) < 4.78 is 14.1. The van der Waals surface area contributed by atoms with Gasteiger partial charge in [-0.1, -0.05) is 148 Å². The summed E-state index contributed by atoms with van der Waals surface area (Å²) in [6, 6.07) is 24.3. The molecule has 1 aliphatic rings. The normalized spacial score (nSPS) is 15.8. The minimum absolute atomic E-state index is 0.381. The highest BCUT2D eigenvalue weighted by Gasteiger charge is 2.52. The van der Waals surface area contributed by atoms with Gasteiger partial charge < -0.3 is 9.31 Å². The van der Waals surface area contributed by atoms with Gasteiger partial charge in [0.1, 0.15) is 0 Å². The molecule has 0 saturated carbocycles. The van der Waals surface area contributed by atoms with E-state index in [2.05, 4.69) is 117 Å². The van der Waals surface area contributed by atoms with Crippen LogP contribution in [0, 0.1) is 0 Å². The maximum absolute atomic E-state index is 6.50. The average molecular weight is 632 g/mol. The largest absolute Gasteiger partial charge is 0.495 e. The van der Waals surface area contributed by atoms with Gasteiger partial charge >= 0.3 is 7.12 Å². The third-order valence-corrected chi connectivity index (χ3v) is 10.0. The fraction of sp³-hybridized carbons (Fsp3) is 0.526. The Kier molecular flexibility index (Phi) is 12.4. The van der Waals surface area contributed by atoms with Crippen molar-refractivity contribution in [1.82, 2.24) is 0 Å². The lowest BCUT2D eigenvalue weighted by Gasteiger charge is -2.32. The third kappa shape index (κ3) is 8.83. The Morgan fingerprint density at radius 1 is 0.595 bits per heavy atom. The molecule has 0 bridgehead atoms. The first kappa shape index (κ1) is 33.0. The second-order valence-corrected chi connectivity index (χ2v) is 14.1. The lowest BCUT2D eigenvalue weighted by molar-refractivity contribution is 0.00578. The molecule has 226 valence electrons. The Balaban J connectivity index is 1.37. The van der Waals surface area contributed by atoms with Crippen LogP contribution in [-0.2, 0) is 15.7 Å². The number of rotatable bonds is 16. The summed E-state index contributed by atoms with van der Waals surface area (Å²) in [6.07, 6.45) is 17.8. The Morgan fingerprint density at radius 2 is 1.12 bits per heavy atom. The van der Waals surface area contributed by atoms with Gasteiger partial charge in [-0.2, -0.15) is 0 Å². The molecule has 3 aromatic rings. The predicted molar refractivity (Wildman–Crippen MR) is 186 cm³/mol. The van der Waals surface area contributed by atoms with Crippen molar-refractivity contribution in [3.63, 3.8) is 0 Å². The first-order chi connectivity index (χ1) is 20.2. The molecule has 0 amide bonds. The van der Waals surface area contributed by atoms with Crippen LogP contribution in [0.1, 0.15) is 117 Å². The van der Waals surface area contributed by atoms with E-state index in [9.17, 15) is 0 Å². The smallest absolute Gasteiger partial charge is 0.399 e. The van der Waals surface area contributed by atoms with E-state index < -0.39 is 7.12 Å². The van der Waals surface area contributed by atoms with Crippen molar-refractivity contribution in [3.05, 3.63) is 76.8 Å². The van der Waals surface area contributed by atoms with Crippen molar-refractivity contribution in [3.8, 4) is 22.3 Å². The average Bonchev–Trinajstić information content (AvgIpc) is 3.20. The van der Waals surface area contributed by atoms with Gasteiger partial charge in [0.05, 0.1) is 11.2 Å². The lowest BCUT2D eigenvalue weighted by atomic mass is 9.73. The molecule has 1 aliphatic heterocycles. The van der Waals surface area contributed by atoms with Gasteiger partial charge in [-0.15, -0.1) is 0 Å². The van der Waals surface area contributed by atoms with E-state index in [1.165, 1.54) is 105 Å². The van der Waals surface area contributed by atoms with Crippen molar-refractivity contribution in [2.24, 2.45) is 0 Å². The molecule has 1 saturated heterocycles. The molecule has 42 heavy (non-hydrogen) atoms. The Labute approximate surface area is 265 Å². The zero-order chi connectivity index (χ0) is 30.0. The van der Waals surface area contributed by atoms with Gasteiger partial charge in [0, 0.05) is 4.47 Å². The molecule has 2 nitrogen and oxygen atoms in total. The molecule has 4 heteroatoms. The number of hydrogen-bond acceptors (Lipinski definition) is 2. The maximum Gasteiger partial charge on any atom is 0.495 e. The van der Waals surface area contributed by atoms with Crippen LogP contribution >= 0.6 is 15.9 Å². The predicted octanol–water partition coefficient (Wildman–Crippen LogP) is 11.3. The fourth-order valence-corrected chi connectivity index (χ4v) is 6.38. The summed E-state index contributed by atoms with van der Waals surface area (Å²) in [5.74, 6) is 0. The van der Waals surface area contributed by atoms with Crippen molar-refractivity contribution in [2.45, 2.75) is 129 Å². The van der Waals surface area contributed by atoms with E-state index in [4.69, 9.17) is 9.31 Å². The summed E-state index contributed by atoms with van der Waals surface area (Å²) in [5.41, 5.74) is 6.47. The van der Waals surface area contributed by atoms with Crippen LogP contribution in [-0.4, -0.2) is 18.3 Å². The van der Waals surface area contributed by atoms with E-state index in [0.29, 0.717) is 0 Å². The van der Waals surface area contributed by atoms with Gasteiger partial charge in [0.15, 0.2) is 0 Å². The van der Waals surface area contributed by atoms with Gasteiger partial charge in [0.2, 0.25) is 0 Å². The number of halogens is 1. The van der Waals surface area contributed by atoms with Crippen LogP contribution in [0.15, 0.2) is 71.2 Å². The topological polar surface area (TPSA) is 18.5 Å². The minimum Gasteiger partial charge on any atom is -0.399 e. The quantitative estimate of drug-likeness (QED) is 0.116. The van der Waals surface area contributed by atoms with Crippen molar-refractivity contribution in [2.75, 3.05) is 0 Å². The number of aryl methyl sites for hydroxylation is 1. The third-order valence-electron chi connectivity index (χ3n) is 9.33. The molecule has 4 rings (SSSR count). The summed E-state index contributed by atoms with van der Waals surface area (Å²) in [6.45, 7) is 10.8. The number of benzene rings is 3. The van der Waals surface area contributed by atoms with Crippen LogP contribution in [0.25, 0.3) is 22.3 Å². The highest BCUT2D eigenvalue weighted by molar-refractivity contribution is 9.10. The molecule has 1 fully saturated rings. The van der Waals surface area contributed by atoms with Gasteiger partial charge in [0.25, 0.3) is 0 Å². The van der Waals surface area contributed by atoms with E-state index >= 15 is 0 Å². The van der Waals surface area contributed by atoms with Crippen molar-refractivity contribution >= 4 is 28.5 Å². The minimum atomic E-state index is -0.404. The summed E-state index contributed by atoms with van der Waals surface area (Å²) in [4.78, 5) is 0. The first-order valence-electron chi connectivity index (χ1n) is 16.6. The van der Waals surface area contributed by atoms with Crippen molar-refractivity contribution < 1.29 is 9.31 Å². The molecule has 0 N–H and O–H groups in total. The molecule has 0 aliphatic carbocycles. The second-order valence-electron chi connectivity index (χ2n) is 13.2. The maximum atomic E-state index is 6.50. The zero-order valence-electron chi connectivity index (χ0n) is 26.8. The van der Waals surface area contributed by atoms with E-state index in [1.54, 1.807) is 0 Å². The standard InChI is InChI=1S/C38H52BBrO2/c1-6-7-8-9-10-11-12-13-14-15-16-17-20-30-23-25-31(26-24-30)34-29-32(33-21-18-19-22-36(33)40)27-28-35(34)39-41-37(2,3)38(4,5)42-39/h18-19,21-29H,6-17,20H2,1-5H3. The van der Waals surface area contributed by atoms with E-state index in [-0.39, 0.29) is 11.2 Å². The molecule has 0 unspecified atom stereocenters. The van der Waals surface area contributed by atoms with Gasteiger partial charge in [-0.3, -0.25) is 0 Å². The molecular weight excluding hydrogens is 579 g/mol. The Morgan fingerprint density at radius 3 is 1.69 bits per heavy atom. The summed E-state index contributed by atoms with van der Waals surface area (Å²) in [7, 11) is -0.404. The number of hydrogen-bond donors (Lipinski definition) is 0.